The molecule has 0 amide bonds. The van der Waals surface area contributed by atoms with Crippen LogP contribution in [-0.4, -0.2) is 17.3 Å². The minimum Gasteiger partial charge on any atom is -1.00 e. The molecule has 0 aliphatic carbocycles. The van der Waals surface area contributed by atoms with Crippen LogP contribution >= 0.6 is 12.2 Å². The second-order valence-electron chi connectivity index (χ2n) is 2.01. The molecule has 0 bridgehead atoms. The summed E-state index contributed by atoms with van der Waals surface area (Å²) in [5.41, 5.74) is 0.560. The molecule has 62 valence electrons. The largest absolute Gasteiger partial charge is 1.00 e. The van der Waals surface area contributed by atoms with E-state index in [1.165, 1.54) is 7.11 Å². The van der Waals surface area contributed by atoms with E-state index in [0.29, 0.717) is 10.6 Å². The summed E-state index contributed by atoms with van der Waals surface area (Å²) in [6, 6.07) is 6.80. The summed E-state index contributed by atoms with van der Waals surface area (Å²) in [4.78, 5) is 0. The van der Waals surface area contributed by atoms with Gasteiger partial charge in [-0.3, -0.25) is 0 Å². The van der Waals surface area contributed by atoms with Gasteiger partial charge in [0.05, 0.1) is 12.7 Å². The quantitative estimate of drug-likeness (QED) is 0.482. The Labute approximate surface area is 127 Å². The Balaban J connectivity index is -0.000000403. The van der Waals surface area contributed by atoms with E-state index in [2.05, 4.69) is 0 Å². The van der Waals surface area contributed by atoms with E-state index < -0.39 is 0 Å². The average Bonchev–Trinajstić information content (AvgIpc) is 2.04. The van der Waals surface area contributed by atoms with Crippen molar-refractivity contribution in [2.24, 2.45) is 0 Å². The van der Waals surface area contributed by atoms with Gasteiger partial charge in [-0.05, 0) is 24.4 Å². The number of hydrogen-bond donors (Lipinski definition) is 1. The summed E-state index contributed by atoms with van der Waals surface area (Å²) in [6.07, 6.45) is 0. The zero-order valence-electron chi connectivity index (χ0n) is 8.78. The van der Waals surface area contributed by atoms with Gasteiger partial charge in [-0.25, -0.2) is 0 Å². The first-order valence-corrected chi connectivity index (χ1v) is 3.53. The minimum atomic E-state index is 0. The number of aromatic hydroxyl groups is 1. The van der Waals surface area contributed by atoms with E-state index in [9.17, 15) is 5.11 Å². The number of phenolic OH excluding ortho intramolecular Hbond substituents is 1. The third kappa shape index (κ3) is 4.74. The standard InChI is InChI=1S/C8H8O2S.Hg.Na.H/c1-10-8(11)6-4-2-3-5-7(6)9;;;/h2-5,9H,1H3;;;/q;;+1;-1. The molecule has 0 aliphatic rings. The van der Waals surface area contributed by atoms with Gasteiger partial charge in [0.2, 0.25) is 0 Å². The average molecular weight is 393 g/mol. The van der Waals surface area contributed by atoms with Gasteiger partial charge in [-0.2, -0.15) is 0 Å². The van der Waals surface area contributed by atoms with Crippen molar-refractivity contribution in [1.29, 1.82) is 0 Å². The van der Waals surface area contributed by atoms with Crippen LogP contribution in [0.1, 0.15) is 6.99 Å². The summed E-state index contributed by atoms with van der Waals surface area (Å²) >= 11 is 4.83. The molecule has 1 N–H and O–H groups in total. The van der Waals surface area contributed by atoms with Gasteiger partial charge in [-0.15, -0.1) is 0 Å². The molecule has 13 heavy (non-hydrogen) atoms. The van der Waals surface area contributed by atoms with E-state index >= 15 is 0 Å². The van der Waals surface area contributed by atoms with Crippen molar-refractivity contribution < 1.29 is 68.5 Å². The molecular weight excluding hydrogens is 384 g/mol. The third-order valence-corrected chi connectivity index (χ3v) is 1.70. The molecule has 1 aromatic rings. The van der Waals surface area contributed by atoms with Crippen molar-refractivity contribution in [3.8, 4) is 5.75 Å². The number of phenols is 1. The number of methoxy groups -OCH3 is 1. The Hall–Kier alpha value is 0.845. The minimum absolute atomic E-state index is 0. The molecule has 5 heteroatoms. The SMILES string of the molecule is COC(=S)c1ccccc1O.[H-].[Hg].[Na+]. The van der Waals surface area contributed by atoms with Crippen molar-refractivity contribution in [3.63, 3.8) is 0 Å². The van der Waals surface area contributed by atoms with Crippen LogP contribution in [0, 0.1) is 0 Å². The molecule has 0 saturated heterocycles. The molecule has 1 aromatic carbocycles. The Morgan fingerprint density at radius 2 is 2.00 bits per heavy atom. The fourth-order valence-electron chi connectivity index (χ4n) is 0.756. The molecule has 0 aliphatic heterocycles. The first kappa shape index (κ1) is 16.3. The Bertz CT molecular complexity index is 286. The van der Waals surface area contributed by atoms with Gasteiger partial charge < -0.3 is 11.3 Å². The fraction of sp³-hybridized carbons (Fsp3) is 0.125. The number of rotatable bonds is 1. The monoisotopic (exact) mass is 394 g/mol. The van der Waals surface area contributed by atoms with Crippen LogP contribution in [0.5, 0.6) is 5.75 Å². The molecule has 0 unspecified atom stereocenters. The molecule has 0 saturated carbocycles. The third-order valence-electron chi connectivity index (χ3n) is 1.31. The summed E-state index contributed by atoms with van der Waals surface area (Å²) in [7, 11) is 1.48. The molecule has 2 nitrogen and oxygen atoms in total. The van der Waals surface area contributed by atoms with Gasteiger partial charge in [0.25, 0.3) is 0 Å². The van der Waals surface area contributed by atoms with Crippen LogP contribution in [0.2, 0.25) is 0 Å². The van der Waals surface area contributed by atoms with Gasteiger partial charge in [0.1, 0.15) is 5.75 Å². The smallest absolute Gasteiger partial charge is 1.00 e. The van der Waals surface area contributed by atoms with Crippen LogP contribution < -0.4 is 29.6 Å². The predicted molar refractivity (Wildman–Crippen MR) is 47.9 cm³/mol. The van der Waals surface area contributed by atoms with Gasteiger partial charge in [-0.1, -0.05) is 12.1 Å². The van der Waals surface area contributed by atoms with Crippen LogP contribution in [0.25, 0.3) is 0 Å². The van der Waals surface area contributed by atoms with Crippen molar-refractivity contribution in [3.05, 3.63) is 29.8 Å². The summed E-state index contributed by atoms with van der Waals surface area (Å²) in [5.74, 6) is 0.152. The summed E-state index contributed by atoms with van der Waals surface area (Å²) in [6.45, 7) is 0. The van der Waals surface area contributed by atoms with E-state index in [1.54, 1.807) is 24.3 Å². The molecule has 0 spiro atoms. The molecular formula is C8H9HgNaO2S. The number of ether oxygens (including phenoxy) is 1. The van der Waals surface area contributed by atoms with Gasteiger partial charge >= 0.3 is 29.6 Å². The van der Waals surface area contributed by atoms with Crippen LogP contribution in [0.3, 0.4) is 0 Å². The van der Waals surface area contributed by atoms with E-state index in [4.69, 9.17) is 17.0 Å². The van der Waals surface area contributed by atoms with Crippen molar-refractivity contribution >= 4 is 17.3 Å². The first-order valence-electron chi connectivity index (χ1n) is 3.12. The van der Waals surface area contributed by atoms with Crippen molar-refractivity contribution in [1.82, 2.24) is 0 Å². The maximum absolute atomic E-state index is 9.24. The normalized spacial score (nSPS) is 7.77. The van der Waals surface area contributed by atoms with Crippen molar-refractivity contribution in [2.75, 3.05) is 7.11 Å². The number of thiocarbonyl (C=S) groups is 1. The van der Waals surface area contributed by atoms with Gasteiger partial charge in [0.15, 0.2) is 5.05 Å². The molecule has 1 rings (SSSR count). The van der Waals surface area contributed by atoms with Crippen LogP contribution in [0.4, 0.5) is 0 Å². The van der Waals surface area contributed by atoms with Crippen molar-refractivity contribution in [2.45, 2.75) is 0 Å². The van der Waals surface area contributed by atoms with Crippen LogP contribution in [0.15, 0.2) is 24.3 Å². The molecule has 0 fully saturated rings. The predicted octanol–water partition coefficient (Wildman–Crippen LogP) is -1.17. The number of benzene rings is 1. The first-order chi connectivity index (χ1) is 5.25. The Morgan fingerprint density at radius 3 is 2.46 bits per heavy atom. The summed E-state index contributed by atoms with van der Waals surface area (Å²) in [5, 5.41) is 9.55. The Kier molecular flexibility index (Phi) is 10.2. The summed E-state index contributed by atoms with van der Waals surface area (Å²) < 4.78 is 4.79. The fourth-order valence-corrected chi connectivity index (χ4v) is 0.929. The number of hydrogen-bond acceptors (Lipinski definition) is 3. The van der Waals surface area contributed by atoms with Crippen LogP contribution in [-0.2, 0) is 32.4 Å². The molecule has 0 atom stereocenters. The molecule has 0 radical (unpaired) electrons. The number of para-hydroxylation sites is 1. The maximum atomic E-state index is 9.24. The Morgan fingerprint density at radius 1 is 1.46 bits per heavy atom. The molecule has 0 aromatic heterocycles. The second kappa shape index (κ2) is 8.18. The van der Waals surface area contributed by atoms with Gasteiger partial charge in [0, 0.05) is 27.7 Å². The van der Waals surface area contributed by atoms with E-state index in [1.807, 2.05) is 0 Å². The zero-order chi connectivity index (χ0) is 8.27. The maximum Gasteiger partial charge on any atom is 1.00 e. The zero-order valence-corrected chi connectivity index (χ0v) is 16.1. The molecule has 0 heterocycles. The second-order valence-corrected chi connectivity index (χ2v) is 2.38. The topological polar surface area (TPSA) is 29.5 Å². The van der Waals surface area contributed by atoms with E-state index in [-0.39, 0.29) is 64.4 Å². The van der Waals surface area contributed by atoms with E-state index in [0.717, 1.165) is 0 Å².